The first-order valence-corrected chi connectivity index (χ1v) is 8.78. The normalized spacial score (nSPS) is 31.9. The van der Waals surface area contributed by atoms with Crippen LogP contribution in [0.5, 0.6) is 0 Å². The second-order valence-electron chi connectivity index (χ2n) is 7.85. The maximum Gasteiger partial charge on any atom is 0.0357 e. The van der Waals surface area contributed by atoms with Gasteiger partial charge in [-0.2, -0.15) is 0 Å². The number of rotatable bonds is 4. The molecule has 116 valence electrons. The third-order valence-electron chi connectivity index (χ3n) is 6.77. The molecule has 2 N–H and O–H groups in total. The second kappa shape index (κ2) is 5.58. The highest BCUT2D eigenvalue weighted by Crippen LogP contribution is 2.55. The van der Waals surface area contributed by atoms with Gasteiger partial charge in [0.1, 0.15) is 0 Å². The molecule has 20 heavy (non-hydrogen) atoms. The second-order valence-corrected chi connectivity index (χ2v) is 7.85. The third kappa shape index (κ3) is 2.53. The monoisotopic (exact) mass is 279 g/mol. The van der Waals surface area contributed by atoms with Gasteiger partial charge in [-0.3, -0.25) is 4.90 Å². The molecule has 0 bridgehead atoms. The summed E-state index contributed by atoms with van der Waals surface area (Å²) in [6, 6.07) is 0.848. The predicted molar refractivity (Wildman–Crippen MR) is 84.8 cm³/mol. The minimum Gasteiger partial charge on any atom is -0.329 e. The van der Waals surface area contributed by atoms with Crippen molar-refractivity contribution >= 4 is 0 Å². The largest absolute Gasteiger partial charge is 0.329 e. The van der Waals surface area contributed by atoms with E-state index in [1.807, 2.05) is 0 Å². The first-order chi connectivity index (χ1) is 9.59. The number of likely N-dealkylation sites (tertiary alicyclic amines) is 2. The summed E-state index contributed by atoms with van der Waals surface area (Å²) in [5, 5.41) is 0. The van der Waals surface area contributed by atoms with Gasteiger partial charge in [0.05, 0.1) is 0 Å². The standard InChI is InChI=1S/C17H33N3/c1-16(8-9-16)17(2,14-18)20-12-6-15(7-13-20)19-10-4-3-5-11-19/h15H,3-14,18H2,1-2H3. The van der Waals surface area contributed by atoms with Crippen LogP contribution in [-0.2, 0) is 0 Å². The molecule has 0 radical (unpaired) electrons. The average Bonchev–Trinajstić information content (AvgIpc) is 3.27. The van der Waals surface area contributed by atoms with E-state index < -0.39 is 0 Å². The fourth-order valence-electron chi connectivity index (χ4n) is 4.49. The van der Waals surface area contributed by atoms with E-state index in [2.05, 4.69) is 23.6 Å². The maximum absolute atomic E-state index is 6.19. The van der Waals surface area contributed by atoms with Crippen molar-refractivity contribution < 1.29 is 0 Å². The van der Waals surface area contributed by atoms with E-state index in [9.17, 15) is 0 Å². The molecule has 1 saturated carbocycles. The lowest BCUT2D eigenvalue weighted by Crippen LogP contribution is -2.60. The molecule has 2 aliphatic heterocycles. The van der Waals surface area contributed by atoms with Gasteiger partial charge < -0.3 is 10.6 Å². The first kappa shape index (κ1) is 14.8. The Morgan fingerprint density at radius 2 is 1.65 bits per heavy atom. The topological polar surface area (TPSA) is 32.5 Å². The molecule has 3 rings (SSSR count). The molecule has 0 amide bonds. The van der Waals surface area contributed by atoms with E-state index >= 15 is 0 Å². The number of hydrogen-bond donors (Lipinski definition) is 1. The fourth-order valence-corrected chi connectivity index (χ4v) is 4.49. The summed E-state index contributed by atoms with van der Waals surface area (Å²) in [6.45, 7) is 10.9. The Hall–Kier alpha value is -0.120. The van der Waals surface area contributed by atoms with Gasteiger partial charge in [-0.05, 0) is 64.0 Å². The Morgan fingerprint density at radius 3 is 2.15 bits per heavy atom. The summed E-state index contributed by atoms with van der Waals surface area (Å²) < 4.78 is 0. The quantitative estimate of drug-likeness (QED) is 0.858. The first-order valence-electron chi connectivity index (χ1n) is 8.78. The number of nitrogens with zero attached hydrogens (tertiary/aromatic N) is 2. The average molecular weight is 279 g/mol. The van der Waals surface area contributed by atoms with Gasteiger partial charge in [0.25, 0.3) is 0 Å². The number of hydrogen-bond acceptors (Lipinski definition) is 3. The molecule has 0 aromatic carbocycles. The van der Waals surface area contributed by atoms with Gasteiger partial charge in [0, 0.05) is 31.2 Å². The SMILES string of the molecule is CC1(C(C)(CN)N2CCC(N3CCCCC3)CC2)CC1. The van der Waals surface area contributed by atoms with E-state index in [-0.39, 0.29) is 5.54 Å². The summed E-state index contributed by atoms with van der Waals surface area (Å²) in [6.07, 6.45) is 9.72. The van der Waals surface area contributed by atoms with E-state index in [0.29, 0.717) is 5.41 Å². The van der Waals surface area contributed by atoms with E-state index in [0.717, 1.165) is 12.6 Å². The fraction of sp³-hybridized carbons (Fsp3) is 1.00. The van der Waals surface area contributed by atoms with Gasteiger partial charge in [-0.1, -0.05) is 13.3 Å². The predicted octanol–water partition coefficient (Wildman–Crippen LogP) is 2.45. The van der Waals surface area contributed by atoms with Gasteiger partial charge in [0.15, 0.2) is 0 Å². The van der Waals surface area contributed by atoms with Gasteiger partial charge >= 0.3 is 0 Å². The lowest BCUT2D eigenvalue weighted by molar-refractivity contribution is 0.00203. The number of nitrogens with two attached hydrogens (primary N) is 1. The van der Waals surface area contributed by atoms with Gasteiger partial charge in [0.2, 0.25) is 0 Å². The summed E-state index contributed by atoms with van der Waals surface area (Å²) in [4.78, 5) is 5.49. The molecule has 0 spiro atoms. The molecule has 3 aliphatic rings. The van der Waals surface area contributed by atoms with E-state index in [1.54, 1.807) is 0 Å². The maximum atomic E-state index is 6.19. The molecule has 3 heteroatoms. The minimum absolute atomic E-state index is 0.236. The third-order valence-corrected chi connectivity index (χ3v) is 6.77. The zero-order valence-electron chi connectivity index (χ0n) is 13.5. The summed E-state index contributed by atoms with van der Waals surface area (Å²) in [5.74, 6) is 0. The van der Waals surface area contributed by atoms with Crippen LogP contribution in [0, 0.1) is 5.41 Å². The van der Waals surface area contributed by atoms with Crippen LogP contribution in [0.4, 0.5) is 0 Å². The van der Waals surface area contributed by atoms with Crippen LogP contribution in [0.1, 0.15) is 58.8 Å². The van der Waals surface area contributed by atoms with Crippen LogP contribution in [0.15, 0.2) is 0 Å². The molecule has 3 fully saturated rings. The molecule has 0 aromatic heterocycles. The van der Waals surface area contributed by atoms with Crippen molar-refractivity contribution in [2.45, 2.75) is 70.4 Å². The van der Waals surface area contributed by atoms with Crippen molar-refractivity contribution in [2.24, 2.45) is 11.1 Å². The Bertz CT molecular complexity index is 325. The van der Waals surface area contributed by atoms with Crippen LogP contribution in [0.25, 0.3) is 0 Å². The summed E-state index contributed by atoms with van der Waals surface area (Å²) >= 11 is 0. The smallest absolute Gasteiger partial charge is 0.0357 e. The van der Waals surface area contributed by atoms with Crippen molar-refractivity contribution in [3.05, 3.63) is 0 Å². The zero-order valence-corrected chi connectivity index (χ0v) is 13.5. The molecule has 0 aromatic rings. The van der Waals surface area contributed by atoms with Crippen LogP contribution >= 0.6 is 0 Å². The molecule has 1 unspecified atom stereocenters. The summed E-state index contributed by atoms with van der Waals surface area (Å²) in [5.41, 5.74) is 6.91. The lowest BCUT2D eigenvalue weighted by atomic mass is 9.80. The van der Waals surface area contributed by atoms with Crippen molar-refractivity contribution in [2.75, 3.05) is 32.7 Å². The minimum atomic E-state index is 0.236. The molecule has 1 atom stereocenters. The molecule has 2 saturated heterocycles. The Kier molecular flexibility index (Phi) is 4.13. The highest BCUT2D eigenvalue weighted by Gasteiger charge is 2.55. The van der Waals surface area contributed by atoms with Crippen LogP contribution in [0.2, 0.25) is 0 Å². The van der Waals surface area contributed by atoms with Crippen molar-refractivity contribution in [1.29, 1.82) is 0 Å². The molecule has 3 nitrogen and oxygen atoms in total. The van der Waals surface area contributed by atoms with Crippen LogP contribution in [-0.4, -0.2) is 54.1 Å². The Morgan fingerprint density at radius 1 is 1.05 bits per heavy atom. The Labute approximate surface area is 124 Å². The molecular weight excluding hydrogens is 246 g/mol. The van der Waals surface area contributed by atoms with Crippen molar-refractivity contribution in [3.8, 4) is 0 Å². The van der Waals surface area contributed by atoms with Crippen LogP contribution in [0.3, 0.4) is 0 Å². The van der Waals surface area contributed by atoms with E-state index in [1.165, 1.54) is 71.1 Å². The van der Waals surface area contributed by atoms with Crippen molar-refractivity contribution in [3.63, 3.8) is 0 Å². The van der Waals surface area contributed by atoms with Gasteiger partial charge in [-0.25, -0.2) is 0 Å². The molecule has 2 heterocycles. The van der Waals surface area contributed by atoms with Crippen molar-refractivity contribution in [1.82, 2.24) is 9.80 Å². The zero-order chi connectivity index (χ0) is 14.2. The van der Waals surface area contributed by atoms with Crippen LogP contribution < -0.4 is 5.73 Å². The van der Waals surface area contributed by atoms with Gasteiger partial charge in [-0.15, -0.1) is 0 Å². The molecular formula is C17H33N3. The highest BCUT2D eigenvalue weighted by molar-refractivity contribution is 5.10. The lowest BCUT2D eigenvalue weighted by Gasteiger charge is -2.50. The summed E-state index contributed by atoms with van der Waals surface area (Å²) in [7, 11) is 0. The van der Waals surface area contributed by atoms with E-state index in [4.69, 9.17) is 5.73 Å². The highest BCUT2D eigenvalue weighted by atomic mass is 15.3. The Balaban J connectivity index is 1.57. The molecule has 1 aliphatic carbocycles. The number of piperidine rings is 2.